The van der Waals surface area contributed by atoms with Crippen LogP contribution >= 0.6 is 0 Å². The van der Waals surface area contributed by atoms with Gasteiger partial charge in [0.15, 0.2) is 11.9 Å². The van der Waals surface area contributed by atoms with Gasteiger partial charge in [0.2, 0.25) is 0 Å². The third-order valence-electron chi connectivity index (χ3n) is 3.07. The van der Waals surface area contributed by atoms with E-state index in [1.807, 2.05) is 0 Å². The van der Waals surface area contributed by atoms with Gasteiger partial charge in [-0.1, -0.05) is 0 Å². The predicted octanol–water partition coefficient (Wildman–Crippen LogP) is -0.147. The fraction of sp³-hybridized carbons (Fsp3) is 0.636. The monoisotopic (exact) mass is 258 g/mol. The Morgan fingerprint density at radius 2 is 2.33 bits per heavy atom. The lowest BCUT2D eigenvalue weighted by molar-refractivity contribution is -0.0611. The summed E-state index contributed by atoms with van der Waals surface area (Å²) in [6.45, 7) is 2.51. The first-order valence-electron chi connectivity index (χ1n) is 5.62. The van der Waals surface area contributed by atoms with E-state index in [0.717, 1.165) is 4.57 Å². The molecule has 2 heterocycles. The Hall–Kier alpha value is -1.47. The van der Waals surface area contributed by atoms with Crippen LogP contribution in [0.4, 0.5) is 4.39 Å². The molecule has 1 aromatic heterocycles. The second-order valence-electron chi connectivity index (χ2n) is 4.75. The molecule has 18 heavy (non-hydrogen) atoms. The molecule has 1 aliphatic rings. The predicted molar refractivity (Wildman–Crippen MR) is 61.2 cm³/mol. The summed E-state index contributed by atoms with van der Waals surface area (Å²) in [5, 5.41) is 8.99. The molecule has 7 heteroatoms. The zero-order valence-electron chi connectivity index (χ0n) is 10.1. The van der Waals surface area contributed by atoms with Crippen LogP contribution in [-0.2, 0) is 4.74 Å². The van der Waals surface area contributed by atoms with Crippen LogP contribution in [0.3, 0.4) is 0 Å². The Morgan fingerprint density at radius 3 is 2.89 bits per heavy atom. The fourth-order valence-corrected chi connectivity index (χ4v) is 2.14. The molecule has 0 radical (unpaired) electrons. The first kappa shape index (κ1) is 13.0. The number of hydrogen-bond donors (Lipinski definition) is 2. The second-order valence-corrected chi connectivity index (χ2v) is 4.75. The molecule has 0 saturated carbocycles. The first-order valence-corrected chi connectivity index (χ1v) is 5.62. The number of aliphatic hydroxyl groups is 1. The molecule has 100 valence electrons. The number of hydrogen-bond acceptors (Lipinski definition) is 4. The Bertz CT molecular complexity index is 563. The SMILES string of the molecule is Cc1cn(C2OC(CO)CC2(C)F)c(=O)[nH]c1=O. The van der Waals surface area contributed by atoms with Gasteiger partial charge in [-0.3, -0.25) is 14.3 Å². The maximum absolute atomic E-state index is 14.3. The number of nitrogens with one attached hydrogen (secondary N) is 1. The van der Waals surface area contributed by atoms with Gasteiger partial charge in [-0.05, 0) is 13.8 Å². The second kappa shape index (κ2) is 4.33. The van der Waals surface area contributed by atoms with Crippen molar-refractivity contribution in [2.75, 3.05) is 6.61 Å². The highest BCUT2D eigenvalue weighted by Gasteiger charge is 2.47. The number of nitrogens with zero attached hydrogens (tertiary/aromatic N) is 1. The number of halogens is 1. The maximum atomic E-state index is 14.3. The summed E-state index contributed by atoms with van der Waals surface area (Å²) in [4.78, 5) is 25.0. The normalized spacial score (nSPS) is 31.8. The van der Waals surface area contributed by atoms with Gasteiger partial charge in [-0.2, -0.15) is 0 Å². The van der Waals surface area contributed by atoms with Crippen LogP contribution in [-0.4, -0.2) is 33.0 Å². The molecule has 0 aliphatic carbocycles. The number of aliphatic hydroxyl groups excluding tert-OH is 1. The number of aryl methyl sites for hydroxylation is 1. The Balaban J connectivity index is 2.46. The van der Waals surface area contributed by atoms with Crippen molar-refractivity contribution in [2.24, 2.45) is 0 Å². The minimum absolute atomic E-state index is 0.00121. The molecular weight excluding hydrogens is 243 g/mol. The molecule has 1 saturated heterocycles. The number of alkyl halides is 1. The van der Waals surface area contributed by atoms with Crippen molar-refractivity contribution in [2.45, 2.75) is 38.3 Å². The highest BCUT2D eigenvalue weighted by molar-refractivity contribution is 5.03. The third-order valence-corrected chi connectivity index (χ3v) is 3.07. The van der Waals surface area contributed by atoms with Crippen LogP contribution in [0.2, 0.25) is 0 Å². The van der Waals surface area contributed by atoms with Crippen LogP contribution in [0.25, 0.3) is 0 Å². The maximum Gasteiger partial charge on any atom is 0.330 e. The highest BCUT2D eigenvalue weighted by atomic mass is 19.1. The number of ether oxygens (including phenoxy) is 1. The topological polar surface area (TPSA) is 84.3 Å². The number of aromatic amines is 1. The van der Waals surface area contributed by atoms with Gasteiger partial charge in [0, 0.05) is 18.2 Å². The number of rotatable bonds is 2. The minimum atomic E-state index is -1.78. The largest absolute Gasteiger partial charge is 0.394 e. The van der Waals surface area contributed by atoms with E-state index in [2.05, 4.69) is 4.98 Å². The van der Waals surface area contributed by atoms with Crippen molar-refractivity contribution in [1.82, 2.24) is 9.55 Å². The van der Waals surface area contributed by atoms with Crippen LogP contribution in [0.15, 0.2) is 15.8 Å². The molecule has 1 aromatic rings. The lowest BCUT2D eigenvalue weighted by Gasteiger charge is -2.23. The number of aromatic nitrogens is 2. The highest BCUT2D eigenvalue weighted by Crippen LogP contribution is 2.39. The zero-order chi connectivity index (χ0) is 13.5. The van der Waals surface area contributed by atoms with Gasteiger partial charge >= 0.3 is 5.69 Å². The van der Waals surface area contributed by atoms with Gasteiger partial charge in [0.05, 0.1) is 12.7 Å². The molecule has 0 bridgehead atoms. The summed E-state index contributed by atoms with van der Waals surface area (Å²) in [7, 11) is 0. The summed E-state index contributed by atoms with van der Waals surface area (Å²) in [5.74, 6) is 0. The van der Waals surface area contributed by atoms with Crippen molar-refractivity contribution >= 4 is 0 Å². The van der Waals surface area contributed by atoms with Crippen molar-refractivity contribution in [3.63, 3.8) is 0 Å². The Morgan fingerprint density at radius 1 is 1.67 bits per heavy atom. The van der Waals surface area contributed by atoms with Gasteiger partial charge in [-0.15, -0.1) is 0 Å². The molecule has 0 aromatic carbocycles. The van der Waals surface area contributed by atoms with Crippen molar-refractivity contribution < 1.29 is 14.2 Å². The van der Waals surface area contributed by atoms with E-state index in [1.54, 1.807) is 0 Å². The summed E-state index contributed by atoms with van der Waals surface area (Å²) in [5.41, 5.74) is -2.71. The molecule has 2 N–H and O–H groups in total. The van der Waals surface area contributed by atoms with Crippen LogP contribution in [0.1, 0.15) is 25.1 Å². The van der Waals surface area contributed by atoms with Crippen molar-refractivity contribution in [3.8, 4) is 0 Å². The molecule has 3 unspecified atom stereocenters. The number of H-pyrrole nitrogens is 1. The lowest BCUT2D eigenvalue weighted by Crippen LogP contribution is -2.39. The summed E-state index contributed by atoms with van der Waals surface area (Å²) in [6.07, 6.45) is -0.524. The smallest absolute Gasteiger partial charge is 0.330 e. The Labute approximate surface area is 102 Å². The van der Waals surface area contributed by atoms with Crippen molar-refractivity contribution in [1.29, 1.82) is 0 Å². The van der Waals surface area contributed by atoms with E-state index in [1.165, 1.54) is 20.0 Å². The molecule has 2 rings (SSSR count). The molecule has 0 spiro atoms. The standard InChI is InChI=1S/C11H15FN2O4/c1-6-4-14(10(17)13-8(6)16)9-11(2,12)3-7(5-15)18-9/h4,7,9,15H,3,5H2,1-2H3,(H,13,16,17). The Kier molecular flexibility index (Phi) is 3.12. The van der Waals surface area contributed by atoms with E-state index in [9.17, 15) is 14.0 Å². The van der Waals surface area contributed by atoms with Gasteiger partial charge < -0.3 is 9.84 Å². The van der Waals surface area contributed by atoms with Crippen LogP contribution in [0, 0.1) is 6.92 Å². The van der Waals surface area contributed by atoms with Crippen LogP contribution < -0.4 is 11.2 Å². The first-order chi connectivity index (χ1) is 8.35. The summed E-state index contributed by atoms with van der Waals surface area (Å²) < 4.78 is 20.6. The van der Waals surface area contributed by atoms with Crippen molar-refractivity contribution in [3.05, 3.63) is 32.6 Å². The van der Waals surface area contributed by atoms with Gasteiger partial charge in [0.25, 0.3) is 5.56 Å². The molecule has 1 fully saturated rings. The molecule has 1 aliphatic heterocycles. The third kappa shape index (κ3) is 2.11. The molecule has 6 nitrogen and oxygen atoms in total. The van der Waals surface area contributed by atoms with E-state index < -0.39 is 29.2 Å². The average molecular weight is 258 g/mol. The molecular formula is C11H15FN2O4. The lowest BCUT2D eigenvalue weighted by atomic mass is 10.0. The summed E-state index contributed by atoms with van der Waals surface area (Å²) >= 11 is 0. The fourth-order valence-electron chi connectivity index (χ4n) is 2.14. The van der Waals surface area contributed by atoms with E-state index >= 15 is 0 Å². The van der Waals surface area contributed by atoms with Gasteiger partial charge in [0.1, 0.15) is 0 Å². The van der Waals surface area contributed by atoms with E-state index in [-0.39, 0.29) is 13.0 Å². The minimum Gasteiger partial charge on any atom is -0.394 e. The molecule has 0 amide bonds. The average Bonchev–Trinajstić information content (AvgIpc) is 2.59. The van der Waals surface area contributed by atoms with E-state index in [0.29, 0.717) is 5.56 Å². The zero-order valence-corrected chi connectivity index (χ0v) is 10.1. The molecule has 3 atom stereocenters. The van der Waals surface area contributed by atoms with Gasteiger partial charge in [-0.25, -0.2) is 9.18 Å². The quantitative estimate of drug-likeness (QED) is 0.773. The van der Waals surface area contributed by atoms with E-state index in [4.69, 9.17) is 9.84 Å². The summed E-state index contributed by atoms with van der Waals surface area (Å²) in [6, 6.07) is 0. The van der Waals surface area contributed by atoms with Crippen LogP contribution in [0.5, 0.6) is 0 Å².